The van der Waals surface area contributed by atoms with Gasteiger partial charge in [-0.15, -0.1) is 0 Å². The quantitative estimate of drug-likeness (QED) is 0.636. The van der Waals surface area contributed by atoms with Gasteiger partial charge in [-0.2, -0.15) is 0 Å². The van der Waals surface area contributed by atoms with Crippen LogP contribution in [0.2, 0.25) is 0 Å². The zero-order valence-corrected chi connectivity index (χ0v) is 13.4. The molecule has 5 heteroatoms. The molecule has 14 heavy (non-hydrogen) atoms. The first-order valence-electron chi connectivity index (χ1n) is 3.35. The zero-order valence-electron chi connectivity index (χ0n) is 7.38. The minimum absolute atomic E-state index is 0. The fourth-order valence-corrected chi connectivity index (χ4v) is 1.06. The fraction of sp³-hybridized carbons (Fsp3) is 0.111. The van der Waals surface area contributed by atoms with Gasteiger partial charge in [-0.1, -0.05) is 24.3 Å². The van der Waals surface area contributed by atoms with E-state index in [0.29, 0.717) is 6.61 Å². The van der Waals surface area contributed by atoms with E-state index in [9.17, 15) is 0 Å². The molecule has 0 N–H and O–H groups in total. The number of hydrogen-bond donors (Lipinski definition) is 0. The SMILES string of the molecule is C1=Cc2ccccc2OC1.[Al].[Co].[Ni].[Y]. The molecule has 0 aromatic heterocycles. The minimum atomic E-state index is 0. The van der Waals surface area contributed by atoms with Crippen molar-refractivity contribution in [2.75, 3.05) is 6.61 Å². The molecule has 2 rings (SSSR count). The predicted molar refractivity (Wildman–Crippen MR) is 46.7 cm³/mol. The van der Waals surface area contributed by atoms with Crippen LogP contribution in [0.15, 0.2) is 30.3 Å². The molecule has 0 aliphatic carbocycles. The molecular weight excluding hydrogens is 358 g/mol. The minimum Gasteiger partial charge on any atom is -0.489 e. The van der Waals surface area contributed by atoms with Gasteiger partial charge in [-0.3, -0.25) is 0 Å². The standard InChI is InChI=1S/C9H8O.Al.Co.Ni.Y/c1-2-6-9-8(4-1)5-3-7-10-9;;;;/h1-6H,7H2;;;;. The summed E-state index contributed by atoms with van der Waals surface area (Å²) < 4.78 is 5.34. The van der Waals surface area contributed by atoms with Gasteiger partial charge in [0.05, 0.1) is 0 Å². The normalized spacial score (nSPS) is 10.0. The van der Waals surface area contributed by atoms with Crippen molar-refractivity contribution in [1.82, 2.24) is 0 Å². The molecule has 0 saturated carbocycles. The zero-order chi connectivity index (χ0) is 6.81. The third kappa shape index (κ3) is 5.47. The Labute approximate surface area is 141 Å². The second-order valence-electron chi connectivity index (χ2n) is 2.25. The summed E-state index contributed by atoms with van der Waals surface area (Å²) in [5.41, 5.74) is 1.17. The average molecular weight is 366 g/mol. The molecule has 0 spiro atoms. The van der Waals surface area contributed by atoms with Crippen LogP contribution in [0.1, 0.15) is 5.56 Å². The first-order valence-corrected chi connectivity index (χ1v) is 3.35. The van der Waals surface area contributed by atoms with Gasteiger partial charge >= 0.3 is 0 Å². The van der Waals surface area contributed by atoms with E-state index < -0.39 is 0 Å². The Bertz CT molecular complexity index is 283. The molecule has 1 nitrogen and oxygen atoms in total. The Balaban J connectivity index is -0.000000302. The van der Waals surface area contributed by atoms with Gasteiger partial charge in [-0.25, -0.2) is 0 Å². The number of ether oxygens (including phenoxy) is 1. The van der Waals surface area contributed by atoms with Crippen molar-refractivity contribution in [3.8, 4) is 5.75 Å². The number of para-hydroxylation sites is 1. The van der Waals surface area contributed by atoms with Crippen LogP contribution in [0.25, 0.3) is 6.08 Å². The Morgan fingerprint density at radius 3 is 2.43 bits per heavy atom. The van der Waals surface area contributed by atoms with Gasteiger partial charge in [0.2, 0.25) is 0 Å². The molecule has 75 valence electrons. The van der Waals surface area contributed by atoms with Crippen molar-refractivity contribution in [3.63, 3.8) is 0 Å². The summed E-state index contributed by atoms with van der Waals surface area (Å²) in [6.45, 7) is 0.705. The van der Waals surface area contributed by atoms with E-state index in [2.05, 4.69) is 6.08 Å². The van der Waals surface area contributed by atoms with Crippen molar-refractivity contribution in [2.24, 2.45) is 0 Å². The molecule has 1 aromatic rings. The third-order valence-electron chi connectivity index (χ3n) is 1.55. The largest absolute Gasteiger partial charge is 0.489 e. The Morgan fingerprint density at radius 2 is 1.79 bits per heavy atom. The molecule has 5 radical (unpaired) electrons. The van der Waals surface area contributed by atoms with Gasteiger partial charge in [0, 0.05) is 88.9 Å². The van der Waals surface area contributed by atoms with Gasteiger partial charge in [0.1, 0.15) is 12.4 Å². The maximum Gasteiger partial charge on any atom is 0.126 e. The molecule has 0 saturated heterocycles. The monoisotopic (exact) mass is 365 g/mol. The van der Waals surface area contributed by atoms with Crippen molar-refractivity contribution in [3.05, 3.63) is 35.9 Å². The molecular formula is C9H8AlCoNiOY. The molecule has 1 heterocycles. The molecule has 0 fully saturated rings. The van der Waals surface area contributed by atoms with E-state index in [1.807, 2.05) is 30.3 Å². The molecule has 0 atom stereocenters. The summed E-state index contributed by atoms with van der Waals surface area (Å²) in [5.74, 6) is 0.991. The van der Waals surface area contributed by atoms with Crippen LogP contribution in [0.3, 0.4) is 0 Å². The van der Waals surface area contributed by atoms with Crippen molar-refractivity contribution in [2.45, 2.75) is 0 Å². The molecule has 0 bridgehead atoms. The Morgan fingerprint density at radius 1 is 1.14 bits per heavy atom. The average Bonchev–Trinajstić information content (AvgIpc) is 2.05. The summed E-state index contributed by atoms with van der Waals surface area (Å²) in [5, 5.41) is 0. The van der Waals surface area contributed by atoms with E-state index in [0.717, 1.165) is 5.75 Å². The fourth-order valence-electron chi connectivity index (χ4n) is 1.06. The summed E-state index contributed by atoms with van der Waals surface area (Å²) in [6.07, 6.45) is 4.10. The first kappa shape index (κ1) is 20.8. The van der Waals surface area contributed by atoms with Crippen LogP contribution >= 0.6 is 0 Å². The summed E-state index contributed by atoms with van der Waals surface area (Å²) in [4.78, 5) is 0. The first-order chi connectivity index (χ1) is 4.97. The predicted octanol–water partition coefficient (Wildman–Crippen LogP) is 1.70. The topological polar surface area (TPSA) is 9.23 Å². The summed E-state index contributed by atoms with van der Waals surface area (Å²) in [6, 6.07) is 8.03. The summed E-state index contributed by atoms with van der Waals surface area (Å²) in [7, 11) is 0. The molecule has 0 amide bonds. The van der Waals surface area contributed by atoms with E-state index in [-0.39, 0.29) is 83.3 Å². The van der Waals surface area contributed by atoms with Gasteiger partial charge in [0.25, 0.3) is 0 Å². The maximum absolute atomic E-state index is 5.34. The van der Waals surface area contributed by atoms with Crippen LogP contribution in [0.4, 0.5) is 0 Å². The molecule has 1 aliphatic heterocycles. The van der Waals surface area contributed by atoms with E-state index in [4.69, 9.17) is 4.74 Å². The smallest absolute Gasteiger partial charge is 0.126 e. The molecule has 0 unspecified atom stereocenters. The molecule has 1 aromatic carbocycles. The number of fused-ring (bicyclic) bond motifs is 1. The number of hydrogen-bond acceptors (Lipinski definition) is 1. The van der Waals surface area contributed by atoms with Crippen LogP contribution in [-0.2, 0) is 66.0 Å². The van der Waals surface area contributed by atoms with Crippen molar-refractivity contribution < 1.29 is 70.7 Å². The Kier molecular flexibility index (Phi) is 16.2. The third-order valence-corrected chi connectivity index (χ3v) is 1.55. The van der Waals surface area contributed by atoms with E-state index in [1.54, 1.807) is 0 Å². The van der Waals surface area contributed by atoms with Gasteiger partial charge in [-0.05, 0) is 12.1 Å². The van der Waals surface area contributed by atoms with E-state index >= 15 is 0 Å². The van der Waals surface area contributed by atoms with Crippen molar-refractivity contribution >= 4 is 23.4 Å². The number of benzene rings is 1. The molecule has 1 aliphatic rings. The van der Waals surface area contributed by atoms with Crippen molar-refractivity contribution in [1.29, 1.82) is 0 Å². The van der Waals surface area contributed by atoms with Gasteiger partial charge in [0.15, 0.2) is 0 Å². The Hall–Kier alpha value is 1.40. The second kappa shape index (κ2) is 10.9. The van der Waals surface area contributed by atoms with Crippen LogP contribution in [0.5, 0.6) is 5.75 Å². The second-order valence-corrected chi connectivity index (χ2v) is 2.25. The van der Waals surface area contributed by atoms with Crippen LogP contribution in [-0.4, -0.2) is 24.0 Å². The summed E-state index contributed by atoms with van der Waals surface area (Å²) >= 11 is 0. The van der Waals surface area contributed by atoms with E-state index in [1.165, 1.54) is 5.56 Å². The van der Waals surface area contributed by atoms with Crippen LogP contribution < -0.4 is 4.74 Å². The number of rotatable bonds is 0. The maximum atomic E-state index is 5.34. The van der Waals surface area contributed by atoms with Crippen LogP contribution in [0, 0.1) is 0 Å². The van der Waals surface area contributed by atoms with Gasteiger partial charge < -0.3 is 4.74 Å².